The molecule has 1 fully saturated rings. The molecule has 1 aliphatic rings. The molecule has 0 saturated heterocycles. The van der Waals surface area contributed by atoms with Gasteiger partial charge in [0.05, 0.1) is 0 Å². The summed E-state index contributed by atoms with van der Waals surface area (Å²) in [7, 11) is 0. The van der Waals surface area contributed by atoms with E-state index in [1.54, 1.807) is 0 Å². The van der Waals surface area contributed by atoms with Crippen molar-refractivity contribution < 1.29 is 0 Å². The summed E-state index contributed by atoms with van der Waals surface area (Å²) < 4.78 is 0. The molecule has 1 aliphatic carbocycles. The fourth-order valence-electron chi connectivity index (χ4n) is 2.11. The fourth-order valence-corrected chi connectivity index (χ4v) is 2.11. The van der Waals surface area contributed by atoms with Gasteiger partial charge in [-0.25, -0.2) is 0 Å². The van der Waals surface area contributed by atoms with Gasteiger partial charge in [0.15, 0.2) is 0 Å². The number of hydrogen-bond acceptors (Lipinski definition) is 1. The normalized spacial score (nSPS) is 21.9. The van der Waals surface area contributed by atoms with Gasteiger partial charge in [0.2, 0.25) is 0 Å². The van der Waals surface area contributed by atoms with E-state index in [1.807, 2.05) is 13.8 Å². The Morgan fingerprint density at radius 1 is 1.21 bits per heavy atom. The molecule has 1 saturated carbocycles. The highest BCUT2D eigenvalue weighted by Crippen LogP contribution is 2.50. The van der Waals surface area contributed by atoms with Gasteiger partial charge < -0.3 is 5.73 Å². The van der Waals surface area contributed by atoms with Gasteiger partial charge >= 0.3 is 0 Å². The maximum atomic E-state index is 6.25. The van der Waals surface area contributed by atoms with E-state index in [0.29, 0.717) is 11.5 Å². The lowest BCUT2D eigenvalue weighted by molar-refractivity contribution is 0.283. The maximum Gasteiger partial charge on any atom is 0.0121 e. The molecule has 2 atom stereocenters. The highest BCUT2D eigenvalue weighted by molar-refractivity contribution is 4.99. The van der Waals surface area contributed by atoms with E-state index in [1.165, 1.54) is 32.1 Å². The molecule has 0 aromatic heterocycles. The van der Waals surface area contributed by atoms with Crippen molar-refractivity contribution >= 4 is 0 Å². The Balaban J connectivity index is 0.000000791. The van der Waals surface area contributed by atoms with Crippen LogP contribution in [0, 0.1) is 11.3 Å². The third kappa shape index (κ3) is 3.61. The van der Waals surface area contributed by atoms with Crippen LogP contribution in [0.2, 0.25) is 0 Å². The Morgan fingerprint density at radius 2 is 1.71 bits per heavy atom. The lowest BCUT2D eigenvalue weighted by Crippen LogP contribution is -2.37. The van der Waals surface area contributed by atoms with Crippen molar-refractivity contribution in [3.05, 3.63) is 0 Å². The zero-order chi connectivity index (χ0) is 11.2. The molecule has 1 heteroatoms. The van der Waals surface area contributed by atoms with Crippen molar-refractivity contribution in [3.63, 3.8) is 0 Å². The molecule has 0 bridgehead atoms. The minimum absolute atomic E-state index is 0.461. The summed E-state index contributed by atoms with van der Waals surface area (Å²) in [5, 5.41) is 0. The van der Waals surface area contributed by atoms with E-state index in [9.17, 15) is 0 Å². The Labute approximate surface area is 90.5 Å². The molecule has 1 rings (SSSR count). The quantitative estimate of drug-likeness (QED) is 0.712. The van der Waals surface area contributed by atoms with Crippen LogP contribution >= 0.6 is 0 Å². The smallest absolute Gasteiger partial charge is 0.0121 e. The van der Waals surface area contributed by atoms with Crippen molar-refractivity contribution in [1.29, 1.82) is 0 Å². The van der Waals surface area contributed by atoms with Crippen LogP contribution in [0.1, 0.15) is 66.7 Å². The highest BCUT2D eigenvalue weighted by atomic mass is 14.7. The average molecular weight is 199 g/mol. The summed E-state index contributed by atoms with van der Waals surface area (Å²) in [6.07, 6.45) is 6.56. The third-order valence-electron chi connectivity index (χ3n) is 3.54. The third-order valence-corrected chi connectivity index (χ3v) is 3.54. The second-order valence-corrected chi connectivity index (χ2v) is 4.64. The molecule has 0 aliphatic heterocycles. The molecule has 0 heterocycles. The fraction of sp³-hybridized carbons (Fsp3) is 1.00. The van der Waals surface area contributed by atoms with Crippen LogP contribution in [0.15, 0.2) is 0 Å². The predicted molar refractivity (Wildman–Crippen MR) is 65.4 cm³/mol. The Bertz CT molecular complexity index is 138. The van der Waals surface area contributed by atoms with E-state index >= 15 is 0 Å². The first-order valence-corrected chi connectivity index (χ1v) is 6.39. The van der Waals surface area contributed by atoms with Crippen molar-refractivity contribution in [2.24, 2.45) is 17.1 Å². The Hall–Kier alpha value is -0.0400. The summed E-state index contributed by atoms with van der Waals surface area (Å²) in [5.41, 5.74) is 6.76. The number of hydrogen-bond donors (Lipinski definition) is 1. The first-order valence-electron chi connectivity index (χ1n) is 6.39. The van der Waals surface area contributed by atoms with Crippen molar-refractivity contribution in [1.82, 2.24) is 0 Å². The van der Waals surface area contributed by atoms with Crippen LogP contribution < -0.4 is 5.73 Å². The maximum absolute atomic E-state index is 6.25. The van der Waals surface area contributed by atoms with Gasteiger partial charge in [-0.2, -0.15) is 0 Å². The largest absolute Gasteiger partial charge is 0.327 e. The summed E-state index contributed by atoms with van der Waals surface area (Å²) >= 11 is 0. The second-order valence-electron chi connectivity index (χ2n) is 4.64. The van der Waals surface area contributed by atoms with E-state index in [0.717, 1.165) is 5.92 Å². The van der Waals surface area contributed by atoms with Gasteiger partial charge in [-0.15, -0.1) is 0 Å². The van der Waals surface area contributed by atoms with Crippen molar-refractivity contribution in [2.45, 2.75) is 72.8 Å². The monoisotopic (exact) mass is 199 g/mol. The molecular weight excluding hydrogens is 170 g/mol. The summed E-state index contributed by atoms with van der Waals surface area (Å²) in [6.45, 7) is 10.9. The molecule has 0 radical (unpaired) electrons. The predicted octanol–water partition coefficient (Wildman–Crippen LogP) is 3.97. The molecule has 0 aromatic carbocycles. The highest BCUT2D eigenvalue weighted by Gasteiger charge is 2.45. The lowest BCUT2D eigenvalue weighted by atomic mass is 9.83. The lowest BCUT2D eigenvalue weighted by Gasteiger charge is -2.27. The molecular formula is C13H29N. The Morgan fingerprint density at radius 3 is 2.00 bits per heavy atom. The van der Waals surface area contributed by atoms with Gasteiger partial charge in [0.25, 0.3) is 0 Å². The minimum atomic E-state index is 0.461. The van der Waals surface area contributed by atoms with Crippen molar-refractivity contribution in [3.8, 4) is 0 Å². The van der Waals surface area contributed by atoms with Gasteiger partial charge in [-0.1, -0.05) is 47.5 Å². The van der Waals surface area contributed by atoms with Crippen LogP contribution in [0.4, 0.5) is 0 Å². The molecule has 2 N–H and O–H groups in total. The SMILES string of the molecule is CC.CCCC(CC)C(N)C1(C)CC1. The van der Waals surface area contributed by atoms with E-state index < -0.39 is 0 Å². The van der Waals surface area contributed by atoms with Crippen molar-refractivity contribution in [2.75, 3.05) is 0 Å². The molecule has 1 nitrogen and oxygen atoms in total. The topological polar surface area (TPSA) is 26.0 Å². The summed E-state index contributed by atoms with van der Waals surface area (Å²) in [5.74, 6) is 0.766. The summed E-state index contributed by atoms with van der Waals surface area (Å²) in [4.78, 5) is 0. The molecule has 0 spiro atoms. The standard InChI is InChI=1S/C11H23N.C2H6/c1-4-6-9(5-2)10(12)11(3)7-8-11;1-2/h9-10H,4-8,12H2,1-3H3;1-2H3. The number of rotatable bonds is 5. The molecule has 0 aromatic rings. The molecule has 14 heavy (non-hydrogen) atoms. The van der Waals surface area contributed by atoms with Gasteiger partial charge in [-0.3, -0.25) is 0 Å². The van der Waals surface area contributed by atoms with Crippen LogP contribution in [0.5, 0.6) is 0 Å². The van der Waals surface area contributed by atoms with Crippen LogP contribution in [-0.4, -0.2) is 6.04 Å². The van der Waals surface area contributed by atoms with Crippen LogP contribution in [0.3, 0.4) is 0 Å². The number of nitrogens with two attached hydrogens (primary N) is 1. The van der Waals surface area contributed by atoms with Crippen LogP contribution in [-0.2, 0) is 0 Å². The van der Waals surface area contributed by atoms with E-state index in [4.69, 9.17) is 5.73 Å². The minimum Gasteiger partial charge on any atom is -0.327 e. The summed E-state index contributed by atoms with van der Waals surface area (Å²) in [6, 6.07) is 0.461. The zero-order valence-corrected chi connectivity index (χ0v) is 10.8. The first-order chi connectivity index (χ1) is 6.64. The van der Waals surface area contributed by atoms with Gasteiger partial charge in [-0.05, 0) is 30.6 Å². The molecule has 86 valence electrons. The average Bonchev–Trinajstić information content (AvgIpc) is 2.96. The van der Waals surface area contributed by atoms with E-state index in [-0.39, 0.29) is 0 Å². The molecule has 2 unspecified atom stereocenters. The molecule has 0 amide bonds. The van der Waals surface area contributed by atoms with Crippen LogP contribution in [0.25, 0.3) is 0 Å². The Kier molecular flexibility index (Phi) is 6.43. The zero-order valence-electron chi connectivity index (χ0n) is 10.8. The van der Waals surface area contributed by atoms with Gasteiger partial charge in [0.1, 0.15) is 0 Å². The van der Waals surface area contributed by atoms with E-state index in [2.05, 4.69) is 20.8 Å². The first kappa shape index (κ1) is 14.0. The second kappa shape index (κ2) is 6.44. The van der Waals surface area contributed by atoms with Gasteiger partial charge in [0, 0.05) is 6.04 Å².